The number of aryl methyl sites for hydroxylation is 2. The van der Waals surface area contributed by atoms with Crippen molar-refractivity contribution in [1.29, 1.82) is 0 Å². The number of halogens is 2. The maximum absolute atomic E-state index is 6.19. The third kappa shape index (κ3) is 2.62. The second-order valence-corrected chi connectivity index (χ2v) is 9.37. The minimum atomic E-state index is -0.537. The Morgan fingerprint density at radius 2 is 2.05 bits per heavy atom. The van der Waals surface area contributed by atoms with Crippen molar-refractivity contribution in [1.82, 2.24) is 9.97 Å². The van der Waals surface area contributed by atoms with Gasteiger partial charge in [-0.1, -0.05) is 11.8 Å². The predicted octanol–water partition coefficient (Wildman–Crippen LogP) is 4.44. The molecular weight excluding hydrogens is 345 g/mol. The summed E-state index contributed by atoms with van der Waals surface area (Å²) < 4.78 is -0.537. The second kappa shape index (κ2) is 5.15. The molecule has 1 fully saturated rings. The number of rotatable bonds is 3. The molecule has 2 aliphatic rings. The first kappa shape index (κ1) is 14.4. The van der Waals surface area contributed by atoms with Gasteiger partial charge in [-0.25, -0.2) is 9.97 Å². The van der Waals surface area contributed by atoms with Crippen LogP contribution in [0.25, 0.3) is 10.2 Å². The summed E-state index contributed by atoms with van der Waals surface area (Å²) in [6, 6.07) is 0. The van der Waals surface area contributed by atoms with E-state index in [4.69, 9.17) is 33.9 Å². The predicted molar refractivity (Wildman–Crippen MR) is 91.7 cm³/mol. The van der Waals surface area contributed by atoms with Gasteiger partial charge in [-0.05, 0) is 37.7 Å². The minimum absolute atomic E-state index is 0.336. The highest BCUT2D eigenvalue weighted by Crippen LogP contribution is 2.54. The molecule has 0 spiro atoms. The summed E-state index contributed by atoms with van der Waals surface area (Å²) in [4.78, 5) is 11.7. The first-order chi connectivity index (χ1) is 10.0. The first-order valence-electron chi connectivity index (χ1n) is 7.13. The van der Waals surface area contributed by atoms with Gasteiger partial charge in [0.15, 0.2) is 5.16 Å². The van der Waals surface area contributed by atoms with Gasteiger partial charge in [-0.3, -0.25) is 0 Å². The van der Waals surface area contributed by atoms with Gasteiger partial charge < -0.3 is 5.73 Å². The molecule has 0 amide bonds. The fraction of sp³-hybridized carbons (Fsp3) is 0.571. The molecule has 2 aromatic rings. The van der Waals surface area contributed by atoms with Gasteiger partial charge >= 0.3 is 0 Å². The fourth-order valence-electron chi connectivity index (χ4n) is 2.86. The van der Waals surface area contributed by atoms with Crippen LogP contribution in [0, 0.1) is 5.92 Å². The molecule has 2 heterocycles. The lowest BCUT2D eigenvalue weighted by atomic mass is 9.97. The molecule has 7 heteroatoms. The van der Waals surface area contributed by atoms with Crippen molar-refractivity contribution in [2.75, 3.05) is 11.5 Å². The number of alkyl halides is 2. The number of nitrogens with two attached hydrogens (primary N) is 1. The Morgan fingerprint density at radius 1 is 1.29 bits per heavy atom. The largest absolute Gasteiger partial charge is 0.383 e. The van der Waals surface area contributed by atoms with Gasteiger partial charge in [0.1, 0.15) is 15.0 Å². The summed E-state index contributed by atoms with van der Waals surface area (Å²) in [5, 5.41) is 1.84. The Kier molecular flexibility index (Phi) is 3.52. The van der Waals surface area contributed by atoms with Gasteiger partial charge in [-0.2, -0.15) is 0 Å². The summed E-state index contributed by atoms with van der Waals surface area (Å²) in [7, 11) is 0. The number of nitrogens with zero attached hydrogens (tertiary/aromatic N) is 2. The molecule has 2 N–H and O–H groups in total. The lowest BCUT2D eigenvalue weighted by molar-refractivity contribution is 0.700. The number of nitrogen functional groups attached to an aromatic ring is 1. The zero-order valence-corrected chi connectivity index (χ0v) is 14.5. The van der Waals surface area contributed by atoms with Crippen LogP contribution in [0.2, 0.25) is 0 Å². The summed E-state index contributed by atoms with van der Waals surface area (Å²) in [5.41, 5.74) is 7.58. The van der Waals surface area contributed by atoms with E-state index in [0.29, 0.717) is 11.7 Å². The molecule has 21 heavy (non-hydrogen) atoms. The van der Waals surface area contributed by atoms with Crippen LogP contribution in [0.1, 0.15) is 29.7 Å². The van der Waals surface area contributed by atoms with E-state index < -0.39 is 4.33 Å². The standard InChI is InChI=1S/C14H15Cl2N3S2/c15-14(16)5-7(14)6-20-13-18-11(17)10-8-3-1-2-4-9(8)21-12(10)19-13/h7H,1-6H2,(H2,17,18,19). The topological polar surface area (TPSA) is 51.8 Å². The normalized spacial score (nSPS) is 23.2. The van der Waals surface area contributed by atoms with Gasteiger partial charge in [0, 0.05) is 16.5 Å². The number of hydrogen-bond donors (Lipinski definition) is 1. The molecule has 0 bridgehead atoms. The molecule has 4 rings (SSSR count). The number of thiophene rings is 1. The van der Waals surface area contributed by atoms with Crippen LogP contribution in [-0.2, 0) is 12.8 Å². The lowest BCUT2D eigenvalue weighted by Crippen LogP contribution is -2.01. The molecule has 0 radical (unpaired) electrons. The smallest absolute Gasteiger partial charge is 0.190 e. The molecule has 0 saturated heterocycles. The molecule has 2 aliphatic carbocycles. The highest BCUT2D eigenvalue weighted by atomic mass is 35.5. The van der Waals surface area contributed by atoms with E-state index in [2.05, 4.69) is 4.98 Å². The molecular formula is C14H15Cl2N3S2. The Balaban J connectivity index is 1.63. The Labute approximate surface area is 141 Å². The minimum Gasteiger partial charge on any atom is -0.383 e. The molecule has 0 aromatic carbocycles. The van der Waals surface area contributed by atoms with E-state index in [1.807, 2.05) is 0 Å². The molecule has 2 aromatic heterocycles. The number of anilines is 1. The van der Waals surface area contributed by atoms with E-state index in [1.54, 1.807) is 23.1 Å². The summed E-state index contributed by atoms with van der Waals surface area (Å²) >= 11 is 15.5. The van der Waals surface area contributed by atoms with E-state index in [0.717, 1.165) is 40.4 Å². The van der Waals surface area contributed by atoms with E-state index in [-0.39, 0.29) is 0 Å². The number of thioether (sulfide) groups is 1. The van der Waals surface area contributed by atoms with Crippen LogP contribution in [-0.4, -0.2) is 20.1 Å². The zero-order chi connectivity index (χ0) is 14.6. The van der Waals surface area contributed by atoms with Gasteiger partial charge in [0.05, 0.1) is 5.39 Å². The first-order valence-corrected chi connectivity index (χ1v) is 9.69. The quantitative estimate of drug-likeness (QED) is 0.500. The maximum Gasteiger partial charge on any atom is 0.190 e. The highest BCUT2D eigenvalue weighted by molar-refractivity contribution is 7.99. The average molecular weight is 360 g/mol. The average Bonchev–Trinajstić information content (AvgIpc) is 2.89. The Hall–Kier alpha value is -0.230. The zero-order valence-electron chi connectivity index (χ0n) is 11.4. The van der Waals surface area contributed by atoms with Crippen molar-refractivity contribution in [3.63, 3.8) is 0 Å². The summed E-state index contributed by atoms with van der Waals surface area (Å²) in [6.07, 6.45) is 5.63. The van der Waals surface area contributed by atoms with E-state index in [1.165, 1.54) is 23.3 Å². The van der Waals surface area contributed by atoms with Crippen LogP contribution < -0.4 is 5.73 Å². The number of hydrogen-bond acceptors (Lipinski definition) is 5. The van der Waals surface area contributed by atoms with Crippen LogP contribution in [0.5, 0.6) is 0 Å². The molecule has 0 aliphatic heterocycles. The van der Waals surface area contributed by atoms with Crippen LogP contribution in [0.4, 0.5) is 5.82 Å². The molecule has 1 atom stereocenters. The van der Waals surface area contributed by atoms with Crippen LogP contribution in [0.15, 0.2) is 5.16 Å². The van der Waals surface area contributed by atoms with Gasteiger partial charge in [0.25, 0.3) is 0 Å². The van der Waals surface area contributed by atoms with E-state index >= 15 is 0 Å². The van der Waals surface area contributed by atoms with Crippen molar-refractivity contribution < 1.29 is 0 Å². The van der Waals surface area contributed by atoms with Crippen molar-refractivity contribution >= 4 is 62.3 Å². The van der Waals surface area contributed by atoms with Crippen molar-refractivity contribution in [2.24, 2.45) is 5.92 Å². The Morgan fingerprint density at radius 3 is 2.81 bits per heavy atom. The third-order valence-corrected chi connectivity index (χ3v) is 7.31. The van der Waals surface area contributed by atoms with E-state index in [9.17, 15) is 0 Å². The van der Waals surface area contributed by atoms with Crippen molar-refractivity contribution in [2.45, 2.75) is 41.6 Å². The Bertz CT molecular complexity index is 714. The van der Waals surface area contributed by atoms with Crippen LogP contribution >= 0.6 is 46.3 Å². The number of fused-ring (bicyclic) bond motifs is 3. The summed E-state index contributed by atoms with van der Waals surface area (Å²) in [6.45, 7) is 0. The lowest BCUT2D eigenvalue weighted by Gasteiger charge is -2.10. The van der Waals surface area contributed by atoms with Crippen LogP contribution in [0.3, 0.4) is 0 Å². The summed E-state index contributed by atoms with van der Waals surface area (Å²) in [5.74, 6) is 1.81. The number of aromatic nitrogens is 2. The van der Waals surface area contributed by atoms with Gasteiger partial charge in [0.2, 0.25) is 0 Å². The highest BCUT2D eigenvalue weighted by Gasteiger charge is 2.51. The monoisotopic (exact) mass is 359 g/mol. The van der Waals surface area contributed by atoms with Crippen molar-refractivity contribution in [3.8, 4) is 0 Å². The van der Waals surface area contributed by atoms with Gasteiger partial charge in [-0.15, -0.1) is 34.5 Å². The second-order valence-electron chi connectivity index (χ2n) is 5.76. The SMILES string of the molecule is Nc1nc(SCC2CC2(Cl)Cl)nc2sc3c(c12)CCCC3. The molecule has 1 saturated carbocycles. The molecule has 3 nitrogen and oxygen atoms in total. The fourth-order valence-corrected chi connectivity index (χ4v) is 5.96. The maximum atomic E-state index is 6.19. The van der Waals surface area contributed by atoms with Crippen molar-refractivity contribution in [3.05, 3.63) is 10.4 Å². The molecule has 112 valence electrons. The third-order valence-electron chi connectivity index (χ3n) is 4.19. The molecule has 1 unspecified atom stereocenters.